The van der Waals surface area contributed by atoms with Gasteiger partial charge in [0.25, 0.3) is 0 Å². The van der Waals surface area contributed by atoms with E-state index in [0.717, 1.165) is 11.1 Å². The van der Waals surface area contributed by atoms with E-state index in [4.69, 9.17) is 16.6 Å². The zero-order valence-corrected chi connectivity index (χ0v) is 7.61. The van der Waals surface area contributed by atoms with Crippen LogP contribution in [0.3, 0.4) is 0 Å². The van der Waals surface area contributed by atoms with Crippen molar-refractivity contribution in [3.8, 4) is 0 Å². The number of aliphatic hydroxyl groups is 1. The Morgan fingerprint density at radius 3 is 2.15 bits per heavy atom. The van der Waals surface area contributed by atoms with Crippen molar-refractivity contribution >= 4 is 0 Å². The number of hydrogen-bond acceptors (Lipinski definition) is 3. The Kier molecular flexibility index (Phi) is 3.89. The van der Waals surface area contributed by atoms with Gasteiger partial charge in [0.2, 0.25) is 0 Å². The summed E-state index contributed by atoms with van der Waals surface area (Å²) in [4.78, 5) is 0. The second-order valence-corrected chi connectivity index (χ2v) is 3.17. The zero-order chi connectivity index (χ0) is 9.68. The van der Waals surface area contributed by atoms with Gasteiger partial charge in [-0.15, -0.1) is 0 Å². The summed E-state index contributed by atoms with van der Waals surface area (Å²) in [5, 5.41) is 8.75. The zero-order valence-electron chi connectivity index (χ0n) is 7.61. The van der Waals surface area contributed by atoms with E-state index < -0.39 is 0 Å². The first-order valence-corrected chi connectivity index (χ1v) is 4.40. The number of benzene rings is 1. The molecule has 0 heterocycles. The summed E-state index contributed by atoms with van der Waals surface area (Å²) in [6, 6.07) is 7.80. The third-order valence-corrected chi connectivity index (χ3v) is 1.99. The van der Waals surface area contributed by atoms with E-state index in [2.05, 4.69) is 0 Å². The molecule has 0 saturated carbocycles. The number of nitrogens with two attached hydrogens (primary N) is 2. The molecule has 1 atom stereocenters. The van der Waals surface area contributed by atoms with Crippen molar-refractivity contribution in [2.75, 3.05) is 6.61 Å². The molecule has 0 aliphatic carbocycles. The maximum Gasteiger partial charge on any atom is 0.0585 e. The lowest BCUT2D eigenvalue weighted by molar-refractivity contribution is 0.265. The summed E-state index contributed by atoms with van der Waals surface area (Å²) in [6.45, 7) is 0.588. The Hall–Kier alpha value is -0.900. The van der Waals surface area contributed by atoms with Crippen LogP contribution in [0.2, 0.25) is 0 Å². The monoisotopic (exact) mass is 180 g/mol. The van der Waals surface area contributed by atoms with Crippen LogP contribution < -0.4 is 11.5 Å². The molecule has 3 nitrogen and oxygen atoms in total. The molecule has 0 aliphatic heterocycles. The van der Waals surface area contributed by atoms with Crippen molar-refractivity contribution < 1.29 is 5.11 Å². The molecule has 0 amide bonds. The standard InChI is InChI=1S/C10H16N2O/c11-6-9-3-1-8(2-4-9)5-10(12)7-13/h1-4,10,13H,5-7,11-12H2. The number of aliphatic hydroxyl groups excluding tert-OH is 1. The highest BCUT2D eigenvalue weighted by atomic mass is 16.3. The third-order valence-electron chi connectivity index (χ3n) is 1.99. The lowest BCUT2D eigenvalue weighted by Gasteiger charge is -2.07. The van der Waals surface area contributed by atoms with Gasteiger partial charge in [-0.05, 0) is 17.5 Å². The van der Waals surface area contributed by atoms with Crippen LogP contribution >= 0.6 is 0 Å². The third kappa shape index (κ3) is 3.14. The second-order valence-electron chi connectivity index (χ2n) is 3.17. The fourth-order valence-electron chi connectivity index (χ4n) is 1.18. The van der Waals surface area contributed by atoms with E-state index in [0.29, 0.717) is 13.0 Å². The van der Waals surface area contributed by atoms with Crippen molar-refractivity contribution in [2.24, 2.45) is 11.5 Å². The molecule has 1 rings (SSSR count). The van der Waals surface area contributed by atoms with Gasteiger partial charge >= 0.3 is 0 Å². The fourth-order valence-corrected chi connectivity index (χ4v) is 1.18. The molecule has 0 spiro atoms. The van der Waals surface area contributed by atoms with Gasteiger partial charge < -0.3 is 16.6 Å². The highest BCUT2D eigenvalue weighted by Gasteiger charge is 2.01. The van der Waals surface area contributed by atoms with Crippen LogP contribution in [-0.2, 0) is 13.0 Å². The maximum atomic E-state index is 8.75. The molecule has 3 heteroatoms. The summed E-state index contributed by atoms with van der Waals surface area (Å²) in [6.07, 6.45) is 0.710. The van der Waals surface area contributed by atoms with E-state index in [1.54, 1.807) is 0 Å². The Balaban J connectivity index is 2.58. The Labute approximate surface area is 78.4 Å². The van der Waals surface area contributed by atoms with E-state index >= 15 is 0 Å². The molecule has 0 fully saturated rings. The molecule has 0 saturated heterocycles. The minimum absolute atomic E-state index is 0.0264. The molecule has 5 N–H and O–H groups in total. The average molecular weight is 180 g/mol. The van der Waals surface area contributed by atoms with Gasteiger partial charge in [0.05, 0.1) is 6.61 Å². The van der Waals surface area contributed by atoms with Gasteiger partial charge in [-0.3, -0.25) is 0 Å². The van der Waals surface area contributed by atoms with Crippen molar-refractivity contribution in [1.82, 2.24) is 0 Å². The van der Waals surface area contributed by atoms with E-state index in [1.165, 1.54) is 0 Å². The fraction of sp³-hybridized carbons (Fsp3) is 0.400. The Morgan fingerprint density at radius 1 is 1.15 bits per heavy atom. The van der Waals surface area contributed by atoms with E-state index in [1.807, 2.05) is 24.3 Å². The second kappa shape index (κ2) is 4.97. The average Bonchev–Trinajstić information content (AvgIpc) is 2.19. The summed E-state index contributed by atoms with van der Waals surface area (Å²) in [5.74, 6) is 0. The van der Waals surface area contributed by atoms with E-state index in [-0.39, 0.29) is 12.6 Å². The van der Waals surface area contributed by atoms with Crippen molar-refractivity contribution in [3.63, 3.8) is 0 Å². The van der Waals surface area contributed by atoms with Crippen LogP contribution in [0.4, 0.5) is 0 Å². The largest absolute Gasteiger partial charge is 0.395 e. The predicted molar refractivity (Wildman–Crippen MR) is 53.1 cm³/mol. The predicted octanol–water partition coefficient (Wildman–Crippen LogP) is 0.00740. The van der Waals surface area contributed by atoms with Crippen LogP contribution in [-0.4, -0.2) is 17.8 Å². The van der Waals surface area contributed by atoms with Crippen molar-refractivity contribution in [3.05, 3.63) is 35.4 Å². The van der Waals surface area contributed by atoms with Gasteiger partial charge in [0.1, 0.15) is 0 Å². The minimum atomic E-state index is -0.163. The molecule has 0 bridgehead atoms. The van der Waals surface area contributed by atoms with Crippen molar-refractivity contribution in [1.29, 1.82) is 0 Å². The highest BCUT2D eigenvalue weighted by Crippen LogP contribution is 2.05. The SMILES string of the molecule is NCc1ccc(CC(N)CO)cc1. The van der Waals surface area contributed by atoms with Gasteiger partial charge in [-0.1, -0.05) is 24.3 Å². The van der Waals surface area contributed by atoms with Crippen LogP contribution in [0.15, 0.2) is 24.3 Å². The van der Waals surface area contributed by atoms with Crippen LogP contribution in [0.5, 0.6) is 0 Å². The molecule has 0 radical (unpaired) electrons. The number of rotatable bonds is 4. The lowest BCUT2D eigenvalue weighted by Crippen LogP contribution is -2.26. The number of hydrogen-bond donors (Lipinski definition) is 3. The summed E-state index contributed by atoms with van der Waals surface area (Å²) in [5.41, 5.74) is 13.3. The summed E-state index contributed by atoms with van der Waals surface area (Å²) in [7, 11) is 0. The Bertz CT molecular complexity index is 246. The quantitative estimate of drug-likeness (QED) is 0.611. The van der Waals surface area contributed by atoms with Gasteiger partial charge in [-0.2, -0.15) is 0 Å². The molecule has 1 unspecified atom stereocenters. The normalized spacial score (nSPS) is 12.8. The summed E-state index contributed by atoms with van der Waals surface area (Å²) >= 11 is 0. The molecular formula is C10H16N2O. The molecule has 72 valence electrons. The van der Waals surface area contributed by atoms with Crippen LogP contribution in [0, 0.1) is 0 Å². The molecule has 0 aliphatic rings. The lowest BCUT2D eigenvalue weighted by atomic mass is 10.1. The molecule has 13 heavy (non-hydrogen) atoms. The van der Waals surface area contributed by atoms with Gasteiger partial charge in [0.15, 0.2) is 0 Å². The first kappa shape index (κ1) is 10.2. The molecule has 0 aromatic heterocycles. The first-order chi connectivity index (χ1) is 6.26. The molecule has 1 aromatic carbocycles. The van der Waals surface area contributed by atoms with Crippen LogP contribution in [0.1, 0.15) is 11.1 Å². The van der Waals surface area contributed by atoms with E-state index in [9.17, 15) is 0 Å². The maximum absolute atomic E-state index is 8.75. The first-order valence-electron chi connectivity index (χ1n) is 4.40. The smallest absolute Gasteiger partial charge is 0.0585 e. The Morgan fingerprint density at radius 2 is 1.69 bits per heavy atom. The topological polar surface area (TPSA) is 72.3 Å². The van der Waals surface area contributed by atoms with Crippen LogP contribution in [0.25, 0.3) is 0 Å². The highest BCUT2D eigenvalue weighted by molar-refractivity contribution is 5.22. The molecular weight excluding hydrogens is 164 g/mol. The van der Waals surface area contributed by atoms with Crippen molar-refractivity contribution in [2.45, 2.75) is 19.0 Å². The summed E-state index contributed by atoms with van der Waals surface area (Å²) < 4.78 is 0. The van der Waals surface area contributed by atoms with Gasteiger partial charge in [-0.25, -0.2) is 0 Å². The van der Waals surface area contributed by atoms with Gasteiger partial charge in [0, 0.05) is 12.6 Å². The minimum Gasteiger partial charge on any atom is -0.395 e. The molecule has 1 aromatic rings.